The molecule has 2 aromatic carbocycles. The highest BCUT2D eigenvalue weighted by atomic mass is 16.5. The van der Waals surface area contributed by atoms with Gasteiger partial charge in [-0.2, -0.15) is 0 Å². The molecule has 0 saturated carbocycles. The van der Waals surface area contributed by atoms with Crippen molar-refractivity contribution in [2.45, 2.75) is 6.04 Å². The third-order valence-corrected chi connectivity index (χ3v) is 3.78. The van der Waals surface area contributed by atoms with Crippen LogP contribution in [0.15, 0.2) is 42.5 Å². The van der Waals surface area contributed by atoms with E-state index in [2.05, 4.69) is 47.4 Å². The predicted molar refractivity (Wildman–Crippen MR) is 78.1 cm³/mol. The van der Waals surface area contributed by atoms with Gasteiger partial charge in [0, 0.05) is 25.7 Å². The lowest BCUT2D eigenvalue weighted by Crippen LogP contribution is -2.40. The number of hydrogen-bond donors (Lipinski definition) is 1. The number of rotatable bonds is 3. The Labute approximate surface area is 114 Å². The molecular formula is C16H20N2O. The zero-order valence-corrected chi connectivity index (χ0v) is 11.1. The lowest BCUT2D eigenvalue weighted by atomic mass is 9.99. The van der Waals surface area contributed by atoms with Crippen LogP contribution in [-0.2, 0) is 4.74 Å². The zero-order valence-electron chi connectivity index (χ0n) is 11.1. The average molecular weight is 256 g/mol. The number of ether oxygens (including phenoxy) is 1. The molecule has 0 spiro atoms. The molecule has 0 bridgehead atoms. The van der Waals surface area contributed by atoms with Crippen LogP contribution in [0.1, 0.15) is 11.6 Å². The van der Waals surface area contributed by atoms with Crippen molar-refractivity contribution in [3.8, 4) is 0 Å². The Hall–Kier alpha value is -1.42. The number of hydrogen-bond acceptors (Lipinski definition) is 3. The Morgan fingerprint density at radius 2 is 1.79 bits per heavy atom. The van der Waals surface area contributed by atoms with E-state index in [1.54, 1.807) is 0 Å². The van der Waals surface area contributed by atoms with E-state index >= 15 is 0 Å². The summed E-state index contributed by atoms with van der Waals surface area (Å²) in [7, 11) is 0. The van der Waals surface area contributed by atoms with Gasteiger partial charge in [0.2, 0.25) is 0 Å². The van der Waals surface area contributed by atoms with E-state index in [1.807, 2.05) is 0 Å². The van der Waals surface area contributed by atoms with Gasteiger partial charge >= 0.3 is 0 Å². The van der Waals surface area contributed by atoms with Crippen LogP contribution in [0, 0.1) is 0 Å². The maximum Gasteiger partial charge on any atom is 0.0594 e. The standard InChI is InChI=1S/C16H20N2O/c17-16(12-18-8-10-19-11-9-18)15-7-3-5-13-4-1-2-6-14(13)15/h1-7,16H,8-12,17H2. The van der Waals surface area contributed by atoms with Crippen molar-refractivity contribution in [1.29, 1.82) is 0 Å². The summed E-state index contributed by atoms with van der Waals surface area (Å²) >= 11 is 0. The molecule has 1 fully saturated rings. The van der Waals surface area contributed by atoms with E-state index in [9.17, 15) is 0 Å². The smallest absolute Gasteiger partial charge is 0.0594 e. The van der Waals surface area contributed by atoms with Gasteiger partial charge in [-0.15, -0.1) is 0 Å². The molecular weight excluding hydrogens is 236 g/mol. The first-order valence-corrected chi connectivity index (χ1v) is 6.88. The first kappa shape index (κ1) is 12.6. The Morgan fingerprint density at radius 1 is 1.05 bits per heavy atom. The third-order valence-electron chi connectivity index (χ3n) is 3.78. The molecule has 1 aliphatic heterocycles. The SMILES string of the molecule is NC(CN1CCOCC1)c1cccc2ccccc12. The van der Waals surface area contributed by atoms with E-state index in [1.165, 1.54) is 16.3 Å². The molecule has 100 valence electrons. The summed E-state index contributed by atoms with van der Waals surface area (Å²) in [5.74, 6) is 0. The van der Waals surface area contributed by atoms with Gasteiger partial charge in [-0.25, -0.2) is 0 Å². The van der Waals surface area contributed by atoms with Gasteiger partial charge in [0.05, 0.1) is 13.2 Å². The highest BCUT2D eigenvalue weighted by molar-refractivity contribution is 5.86. The summed E-state index contributed by atoms with van der Waals surface area (Å²) in [6.45, 7) is 4.51. The summed E-state index contributed by atoms with van der Waals surface area (Å²) in [5, 5.41) is 2.53. The number of nitrogens with two attached hydrogens (primary N) is 1. The second-order valence-corrected chi connectivity index (χ2v) is 5.09. The zero-order chi connectivity index (χ0) is 13.1. The second-order valence-electron chi connectivity index (χ2n) is 5.09. The summed E-state index contributed by atoms with van der Waals surface area (Å²) < 4.78 is 5.37. The highest BCUT2D eigenvalue weighted by Gasteiger charge is 2.16. The van der Waals surface area contributed by atoms with E-state index in [-0.39, 0.29) is 6.04 Å². The minimum atomic E-state index is 0.0594. The van der Waals surface area contributed by atoms with E-state index in [0.29, 0.717) is 0 Å². The van der Waals surface area contributed by atoms with Crippen LogP contribution in [0.5, 0.6) is 0 Å². The van der Waals surface area contributed by atoms with Gasteiger partial charge in [0.15, 0.2) is 0 Å². The fourth-order valence-electron chi connectivity index (χ4n) is 2.73. The highest BCUT2D eigenvalue weighted by Crippen LogP contribution is 2.23. The second kappa shape index (κ2) is 5.70. The minimum Gasteiger partial charge on any atom is -0.379 e. The minimum absolute atomic E-state index is 0.0594. The van der Waals surface area contributed by atoms with Gasteiger partial charge < -0.3 is 10.5 Å². The van der Waals surface area contributed by atoms with Crippen molar-refractivity contribution in [3.05, 3.63) is 48.0 Å². The fourth-order valence-corrected chi connectivity index (χ4v) is 2.73. The molecule has 19 heavy (non-hydrogen) atoms. The van der Waals surface area contributed by atoms with E-state index in [4.69, 9.17) is 10.5 Å². The molecule has 0 aromatic heterocycles. The lowest BCUT2D eigenvalue weighted by molar-refractivity contribution is 0.0353. The van der Waals surface area contributed by atoms with Crippen molar-refractivity contribution in [3.63, 3.8) is 0 Å². The number of morpholine rings is 1. The van der Waals surface area contributed by atoms with Crippen LogP contribution in [0.4, 0.5) is 0 Å². The topological polar surface area (TPSA) is 38.5 Å². The fraction of sp³-hybridized carbons (Fsp3) is 0.375. The van der Waals surface area contributed by atoms with Crippen LogP contribution < -0.4 is 5.73 Å². The normalized spacial score (nSPS) is 18.6. The summed E-state index contributed by atoms with van der Waals surface area (Å²) in [6, 6.07) is 14.9. The molecule has 1 saturated heterocycles. The van der Waals surface area contributed by atoms with Crippen molar-refractivity contribution in [2.75, 3.05) is 32.8 Å². The molecule has 2 aromatic rings. The van der Waals surface area contributed by atoms with Crippen LogP contribution in [0.2, 0.25) is 0 Å². The molecule has 1 unspecified atom stereocenters. The third kappa shape index (κ3) is 2.78. The molecule has 3 heteroatoms. The van der Waals surface area contributed by atoms with Gasteiger partial charge in [0.25, 0.3) is 0 Å². The van der Waals surface area contributed by atoms with Crippen LogP contribution in [0.3, 0.4) is 0 Å². The average Bonchev–Trinajstić information content (AvgIpc) is 2.47. The number of benzene rings is 2. The molecule has 0 radical (unpaired) electrons. The molecule has 1 heterocycles. The first-order chi connectivity index (χ1) is 9.34. The number of fused-ring (bicyclic) bond motifs is 1. The summed E-state index contributed by atoms with van der Waals surface area (Å²) in [5.41, 5.74) is 7.65. The molecule has 3 nitrogen and oxygen atoms in total. The Morgan fingerprint density at radius 3 is 2.63 bits per heavy atom. The van der Waals surface area contributed by atoms with Crippen molar-refractivity contribution >= 4 is 10.8 Å². The number of nitrogens with zero attached hydrogens (tertiary/aromatic N) is 1. The Bertz CT molecular complexity index is 544. The van der Waals surface area contributed by atoms with Gasteiger partial charge in [-0.3, -0.25) is 4.90 Å². The Kier molecular flexibility index (Phi) is 3.78. The molecule has 2 N–H and O–H groups in total. The van der Waals surface area contributed by atoms with Gasteiger partial charge in [-0.1, -0.05) is 42.5 Å². The summed E-state index contributed by atoms with van der Waals surface area (Å²) in [4.78, 5) is 2.38. The lowest BCUT2D eigenvalue weighted by Gasteiger charge is -2.29. The van der Waals surface area contributed by atoms with Crippen LogP contribution >= 0.6 is 0 Å². The van der Waals surface area contributed by atoms with E-state index in [0.717, 1.165) is 32.8 Å². The predicted octanol–water partition coefficient (Wildman–Crippen LogP) is 2.17. The molecule has 0 aliphatic carbocycles. The molecule has 3 rings (SSSR count). The largest absolute Gasteiger partial charge is 0.379 e. The van der Waals surface area contributed by atoms with Crippen molar-refractivity contribution < 1.29 is 4.74 Å². The maximum atomic E-state index is 6.41. The van der Waals surface area contributed by atoms with Crippen molar-refractivity contribution in [2.24, 2.45) is 5.73 Å². The maximum absolute atomic E-state index is 6.41. The quantitative estimate of drug-likeness (QED) is 0.914. The molecule has 0 amide bonds. The Balaban J connectivity index is 1.82. The molecule has 1 aliphatic rings. The van der Waals surface area contributed by atoms with Gasteiger partial charge in [-0.05, 0) is 16.3 Å². The monoisotopic (exact) mass is 256 g/mol. The molecule has 1 atom stereocenters. The van der Waals surface area contributed by atoms with Crippen LogP contribution in [0.25, 0.3) is 10.8 Å². The first-order valence-electron chi connectivity index (χ1n) is 6.88. The van der Waals surface area contributed by atoms with Crippen molar-refractivity contribution in [1.82, 2.24) is 4.90 Å². The summed E-state index contributed by atoms with van der Waals surface area (Å²) in [6.07, 6.45) is 0. The van der Waals surface area contributed by atoms with E-state index < -0.39 is 0 Å². The van der Waals surface area contributed by atoms with Crippen LogP contribution in [-0.4, -0.2) is 37.7 Å². The van der Waals surface area contributed by atoms with Gasteiger partial charge in [0.1, 0.15) is 0 Å².